The molecule has 0 aromatic rings. The molecule has 0 aliphatic rings. The van der Waals surface area contributed by atoms with E-state index in [0.29, 0.717) is 12.5 Å². The van der Waals surface area contributed by atoms with Gasteiger partial charge < -0.3 is 11.1 Å². The first kappa shape index (κ1) is 7.92. The first-order chi connectivity index (χ1) is 3.77. The van der Waals surface area contributed by atoms with Crippen LogP contribution in [0.3, 0.4) is 0 Å². The number of hydrogen-bond acceptors (Lipinski definition) is 2. The zero-order valence-electron chi connectivity index (χ0n) is 5.48. The molecule has 0 saturated heterocycles. The Morgan fingerprint density at radius 1 is 1.75 bits per heavy atom. The third-order valence-corrected chi connectivity index (χ3v) is 0.814. The average molecular weight is 115 g/mol. The Bertz CT molecular complexity index is 43.8. The van der Waals surface area contributed by atoms with E-state index < -0.39 is 0 Å². The molecule has 0 aliphatic heterocycles. The second-order valence-electron chi connectivity index (χ2n) is 2.10. The van der Waals surface area contributed by atoms with Gasteiger partial charge in [0.1, 0.15) is 0 Å². The van der Waals surface area contributed by atoms with E-state index >= 15 is 0 Å². The van der Waals surface area contributed by atoms with Gasteiger partial charge in [0.05, 0.1) is 0 Å². The molecule has 0 aromatic heterocycles. The summed E-state index contributed by atoms with van der Waals surface area (Å²) in [6, 6.07) is 0. The fourth-order valence-electron chi connectivity index (χ4n) is 0.451. The molecule has 1 radical (unpaired) electrons. The minimum Gasteiger partial charge on any atom is -0.329 e. The van der Waals surface area contributed by atoms with Crippen molar-refractivity contribution in [3.05, 3.63) is 6.92 Å². The normalized spacial score (nSPS) is 10.5. The summed E-state index contributed by atoms with van der Waals surface area (Å²) >= 11 is 0. The van der Waals surface area contributed by atoms with Crippen LogP contribution in [-0.4, -0.2) is 19.6 Å². The lowest BCUT2D eigenvalue weighted by Crippen LogP contribution is -2.25. The molecule has 2 heteroatoms. The quantitative estimate of drug-likeness (QED) is 0.506. The Balaban J connectivity index is 2.72. The molecule has 49 valence electrons. The van der Waals surface area contributed by atoms with Crippen molar-refractivity contribution in [3.63, 3.8) is 0 Å². The minimum atomic E-state index is 0.488. The molecule has 0 rings (SSSR count). The Hall–Kier alpha value is -0.0800. The highest BCUT2D eigenvalue weighted by atomic mass is 14.9. The monoisotopic (exact) mass is 115 g/mol. The molecule has 3 N–H and O–H groups in total. The Labute approximate surface area is 51.5 Å². The van der Waals surface area contributed by atoms with E-state index in [9.17, 15) is 0 Å². The molecule has 8 heavy (non-hydrogen) atoms. The van der Waals surface area contributed by atoms with Crippen molar-refractivity contribution in [2.24, 2.45) is 11.7 Å². The van der Waals surface area contributed by atoms with Gasteiger partial charge in [0.25, 0.3) is 0 Å². The van der Waals surface area contributed by atoms with Crippen molar-refractivity contribution >= 4 is 0 Å². The van der Waals surface area contributed by atoms with E-state index in [0.717, 1.165) is 13.1 Å². The topological polar surface area (TPSA) is 38.0 Å². The van der Waals surface area contributed by atoms with E-state index in [1.807, 2.05) is 0 Å². The summed E-state index contributed by atoms with van der Waals surface area (Å²) in [4.78, 5) is 0. The van der Waals surface area contributed by atoms with Crippen LogP contribution in [-0.2, 0) is 0 Å². The van der Waals surface area contributed by atoms with Crippen LogP contribution in [0.1, 0.15) is 6.92 Å². The summed E-state index contributed by atoms with van der Waals surface area (Å²) in [6.07, 6.45) is 0. The molecule has 0 bridgehead atoms. The lowest BCUT2D eigenvalue weighted by Gasteiger charge is -2.03. The summed E-state index contributed by atoms with van der Waals surface area (Å²) in [5.41, 5.74) is 5.23. The molecule has 2 nitrogen and oxygen atoms in total. The fourth-order valence-corrected chi connectivity index (χ4v) is 0.451. The van der Waals surface area contributed by atoms with E-state index in [1.54, 1.807) is 0 Å². The highest BCUT2D eigenvalue weighted by Gasteiger charge is 1.88. The second kappa shape index (κ2) is 5.06. The molecular weight excluding hydrogens is 100 g/mol. The molecule has 1 atom stereocenters. The third-order valence-electron chi connectivity index (χ3n) is 0.814. The van der Waals surface area contributed by atoms with Crippen LogP contribution in [0.5, 0.6) is 0 Å². The summed E-state index contributed by atoms with van der Waals surface area (Å²) in [5, 5.41) is 3.15. The molecule has 0 amide bonds. The van der Waals surface area contributed by atoms with Gasteiger partial charge in [0, 0.05) is 13.1 Å². The summed E-state index contributed by atoms with van der Waals surface area (Å²) < 4.78 is 0. The van der Waals surface area contributed by atoms with Crippen molar-refractivity contribution in [1.82, 2.24) is 5.32 Å². The third kappa shape index (κ3) is 5.92. The highest BCUT2D eigenvalue weighted by molar-refractivity contribution is 4.57. The molecule has 0 fully saturated rings. The summed E-state index contributed by atoms with van der Waals surface area (Å²) in [6.45, 7) is 8.47. The molecule has 1 unspecified atom stereocenters. The number of nitrogens with two attached hydrogens (primary N) is 1. The lowest BCUT2D eigenvalue weighted by atomic mass is 10.2. The Morgan fingerprint density at radius 3 is 2.75 bits per heavy atom. The first-order valence-electron chi connectivity index (χ1n) is 3.01. The predicted molar refractivity (Wildman–Crippen MR) is 36.4 cm³/mol. The smallest absolute Gasteiger partial charge is 0.00746 e. The van der Waals surface area contributed by atoms with Crippen LogP contribution in [0.25, 0.3) is 0 Å². The van der Waals surface area contributed by atoms with Gasteiger partial charge in [-0.1, -0.05) is 6.92 Å². The molecule has 0 aromatic carbocycles. The lowest BCUT2D eigenvalue weighted by molar-refractivity contribution is 0.596. The summed E-state index contributed by atoms with van der Waals surface area (Å²) in [5.74, 6) is 0.488. The van der Waals surface area contributed by atoms with Crippen molar-refractivity contribution in [1.29, 1.82) is 0 Å². The maximum Gasteiger partial charge on any atom is 0.00746 e. The maximum atomic E-state index is 5.23. The Kier molecular flexibility index (Phi) is 5.01. The molecule has 0 saturated carbocycles. The van der Waals surface area contributed by atoms with Gasteiger partial charge in [-0.3, -0.25) is 0 Å². The summed E-state index contributed by atoms with van der Waals surface area (Å²) in [7, 11) is 0. The van der Waals surface area contributed by atoms with Gasteiger partial charge >= 0.3 is 0 Å². The minimum absolute atomic E-state index is 0.488. The first-order valence-corrected chi connectivity index (χ1v) is 3.01. The van der Waals surface area contributed by atoms with Crippen LogP contribution >= 0.6 is 0 Å². The van der Waals surface area contributed by atoms with Gasteiger partial charge in [-0.05, 0) is 19.4 Å². The van der Waals surface area contributed by atoms with Crippen molar-refractivity contribution < 1.29 is 0 Å². The van der Waals surface area contributed by atoms with E-state index in [1.165, 1.54) is 0 Å². The second-order valence-corrected chi connectivity index (χ2v) is 2.10. The zero-order valence-corrected chi connectivity index (χ0v) is 5.48. The number of hydrogen-bond donors (Lipinski definition) is 2. The van der Waals surface area contributed by atoms with Crippen LogP contribution < -0.4 is 11.1 Å². The van der Waals surface area contributed by atoms with Gasteiger partial charge in [0.2, 0.25) is 0 Å². The molecule has 0 aliphatic carbocycles. The number of rotatable bonds is 4. The van der Waals surface area contributed by atoms with Crippen LogP contribution in [0.4, 0.5) is 0 Å². The largest absolute Gasteiger partial charge is 0.329 e. The number of nitrogens with one attached hydrogen (secondary N) is 1. The van der Waals surface area contributed by atoms with Gasteiger partial charge in [0.15, 0.2) is 0 Å². The van der Waals surface area contributed by atoms with Crippen LogP contribution in [0.15, 0.2) is 0 Å². The highest BCUT2D eigenvalue weighted by Crippen LogP contribution is 1.84. The van der Waals surface area contributed by atoms with Crippen LogP contribution in [0, 0.1) is 12.8 Å². The van der Waals surface area contributed by atoms with E-state index in [2.05, 4.69) is 19.2 Å². The Morgan fingerprint density at radius 2 is 2.38 bits per heavy atom. The van der Waals surface area contributed by atoms with E-state index in [-0.39, 0.29) is 0 Å². The predicted octanol–water partition coefficient (Wildman–Crippen LogP) is 0.00489. The SMILES string of the molecule is [CH2]C(C)CNCCN. The van der Waals surface area contributed by atoms with Gasteiger partial charge in [-0.2, -0.15) is 0 Å². The standard InChI is InChI=1S/C6H15N2/c1-6(2)5-8-4-3-7/h6,8H,1,3-5,7H2,2H3. The van der Waals surface area contributed by atoms with Gasteiger partial charge in [-0.25, -0.2) is 0 Å². The van der Waals surface area contributed by atoms with Crippen molar-refractivity contribution in [3.8, 4) is 0 Å². The molecule has 0 spiro atoms. The average Bonchev–Trinajstić information content (AvgIpc) is 1.66. The zero-order chi connectivity index (χ0) is 6.41. The molecular formula is C6H15N2. The van der Waals surface area contributed by atoms with Crippen molar-refractivity contribution in [2.75, 3.05) is 19.6 Å². The molecule has 0 heterocycles. The fraction of sp³-hybridized carbons (Fsp3) is 0.833. The van der Waals surface area contributed by atoms with Crippen LogP contribution in [0.2, 0.25) is 0 Å². The maximum absolute atomic E-state index is 5.23. The van der Waals surface area contributed by atoms with Gasteiger partial charge in [-0.15, -0.1) is 0 Å². The van der Waals surface area contributed by atoms with E-state index in [4.69, 9.17) is 5.73 Å². The van der Waals surface area contributed by atoms with Crippen molar-refractivity contribution in [2.45, 2.75) is 6.92 Å².